The van der Waals surface area contributed by atoms with Gasteiger partial charge in [0.15, 0.2) is 0 Å². The van der Waals surface area contributed by atoms with Gasteiger partial charge in [0.1, 0.15) is 0 Å². The van der Waals surface area contributed by atoms with Crippen molar-refractivity contribution in [2.45, 2.75) is 30.7 Å². The Morgan fingerprint density at radius 3 is 2.53 bits per heavy atom. The van der Waals surface area contributed by atoms with Gasteiger partial charge in [0.25, 0.3) is 0 Å². The SMILES string of the molecule is O=C(NCc1cccnc1)C1CC(=O)N(c2ccc(S(=O)(=O)N3CCCC3)cc2)C1. The van der Waals surface area contributed by atoms with E-state index in [-0.39, 0.29) is 29.7 Å². The molecule has 1 aromatic carbocycles. The number of nitrogens with one attached hydrogen (secondary N) is 1. The van der Waals surface area contributed by atoms with E-state index in [2.05, 4.69) is 10.3 Å². The Bertz CT molecular complexity index is 1020. The number of amides is 2. The molecule has 0 radical (unpaired) electrons. The van der Waals surface area contributed by atoms with Crippen LogP contribution in [-0.4, -0.2) is 49.2 Å². The number of anilines is 1. The number of hydrogen-bond donors (Lipinski definition) is 1. The van der Waals surface area contributed by atoms with Crippen LogP contribution >= 0.6 is 0 Å². The third kappa shape index (κ3) is 4.22. The zero-order chi connectivity index (χ0) is 21.1. The van der Waals surface area contributed by atoms with E-state index in [0.29, 0.717) is 25.3 Å². The zero-order valence-corrected chi connectivity index (χ0v) is 17.3. The lowest BCUT2D eigenvalue weighted by molar-refractivity contribution is -0.126. The molecular weight excluding hydrogens is 404 g/mol. The minimum absolute atomic E-state index is 0.132. The molecule has 2 aliphatic rings. The first kappa shape index (κ1) is 20.5. The van der Waals surface area contributed by atoms with Crippen molar-refractivity contribution in [1.29, 1.82) is 0 Å². The average molecular weight is 429 g/mol. The molecule has 9 heteroatoms. The van der Waals surface area contributed by atoms with Crippen molar-refractivity contribution in [2.75, 3.05) is 24.5 Å². The summed E-state index contributed by atoms with van der Waals surface area (Å²) in [5.41, 5.74) is 1.49. The van der Waals surface area contributed by atoms with Gasteiger partial charge in [-0.05, 0) is 48.7 Å². The van der Waals surface area contributed by atoms with Gasteiger partial charge >= 0.3 is 0 Å². The Hall–Kier alpha value is -2.78. The molecule has 2 amide bonds. The summed E-state index contributed by atoms with van der Waals surface area (Å²) in [5.74, 6) is -0.767. The number of rotatable bonds is 6. The predicted octanol–water partition coefficient (Wildman–Crippen LogP) is 1.54. The maximum Gasteiger partial charge on any atom is 0.243 e. The summed E-state index contributed by atoms with van der Waals surface area (Å²) in [6, 6.07) is 10.0. The van der Waals surface area contributed by atoms with Crippen molar-refractivity contribution in [2.24, 2.45) is 5.92 Å². The summed E-state index contributed by atoms with van der Waals surface area (Å²) >= 11 is 0. The number of benzene rings is 1. The molecule has 8 nitrogen and oxygen atoms in total. The van der Waals surface area contributed by atoms with Crippen molar-refractivity contribution in [1.82, 2.24) is 14.6 Å². The molecule has 1 atom stereocenters. The molecule has 0 saturated carbocycles. The molecular formula is C21H24N4O4S. The van der Waals surface area contributed by atoms with E-state index in [0.717, 1.165) is 18.4 Å². The number of sulfonamides is 1. The fourth-order valence-electron chi connectivity index (χ4n) is 3.84. The minimum Gasteiger partial charge on any atom is -0.352 e. The van der Waals surface area contributed by atoms with Gasteiger partial charge in [0.2, 0.25) is 21.8 Å². The van der Waals surface area contributed by atoms with Gasteiger partial charge in [-0.2, -0.15) is 4.31 Å². The van der Waals surface area contributed by atoms with E-state index >= 15 is 0 Å². The Balaban J connectivity index is 1.39. The molecule has 1 N–H and O–H groups in total. The second-order valence-corrected chi connectivity index (χ2v) is 9.53. The maximum absolute atomic E-state index is 12.6. The van der Waals surface area contributed by atoms with Gasteiger partial charge in [-0.1, -0.05) is 6.07 Å². The molecule has 0 bridgehead atoms. The van der Waals surface area contributed by atoms with Gasteiger partial charge in [0.05, 0.1) is 10.8 Å². The van der Waals surface area contributed by atoms with Crippen LogP contribution < -0.4 is 10.2 Å². The van der Waals surface area contributed by atoms with E-state index in [1.807, 2.05) is 6.07 Å². The Labute approximate surface area is 175 Å². The third-order valence-electron chi connectivity index (χ3n) is 5.54. The van der Waals surface area contributed by atoms with E-state index in [1.54, 1.807) is 35.5 Å². The molecule has 30 heavy (non-hydrogen) atoms. The molecule has 158 valence electrons. The number of hydrogen-bond acceptors (Lipinski definition) is 5. The van der Waals surface area contributed by atoms with E-state index in [4.69, 9.17) is 0 Å². The molecule has 3 heterocycles. The first-order valence-corrected chi connectivity index (χ1v) is 11.5. The van der Waals surface area contributed by atoms with Crippen LogP contribution in [0.4, 0.5) is 5.69 Å². The van der Waals surface area contributed by atoms with Crippen LogP contribution in [0.1, 0.15) is 24.8 Å². The highest BCUT2D eigenvalue weighted by atomic mass is 32.2. The van der Waals surface area contributed by atoms with Gasteiger partial charge < -0.3 is 10.2 Å². The number of aromatic nitrogens is 1. The van der Waals surface area contributed by atoms with Crippen LogP contribution in [-0.2, 0) is 26.2 Å². The molecule has 1 aromatic heterocycles. The van der Waals surface area contributed by atoms with Gasteiger partial charge in [-0.15, -0.1) is 0 Å². The fraction of sp³-hybridized carbons (Fsp3) is 0.381. The van der Waals surface area contributed by atoms with Crippen molar-refractivity contribution in [3.8, 4) is 0 Å². The molecule has 2 aliphatic heterocycles. The minimum atomic E-state index is -3.49. The highest BCUT2D eigenvalue weighted by Gasteiger charge is 2.35. The quantitative estimate of drug-likeness (QED) is 0.752. The number of carbonyl (C=O) groups is 2. The topological polar surface area (TPSA) is 99.7 Å². The lowest BCUT2D eigenvalue weighted by Gasteiger charge is -2.19. The Morgan fingerprint density at radius 2 is 1.87 bits per heavy atom. The zero-order valence-electron chi connectivity index (χ0n) is 16.5. The van der Waals surface area contributed by atoms with Gasteiger partial charge in [-0.25, -0.2) is 8.42 Å². The monoisotopic (exact) mass is 428 g/mol. The van der Waals surface area contributed by atoms with Crippen molar-refractivity contribution in [3.05, 3.63) is 54.4 Å². The van der Waals surface area contributed by atoms with Crippen molar-refractivity contribution >= 4 is 27.5 Å². The van der Waals surface area contributed by atoms with E-state index in [1.165, 1.54) is 16.4 Å². The highest BCUT2D eigenvalue weighted by Crippen LogP contribution is 2.28. The molecule has 0 spiro atoms. The van der Waals surface area contributed by atoms with Crippen LogP contribution in [0.15, 0.2) is 53.7 Å². The average Bonchev–Trinajstić information content (AvgIpc) is 3.43. The molecule has 2 fully saturated rings. The standard InChI is InChI=1S/C21H24N4O4S/c26-20-12-17(21(27)23-14-16-4-3-9-22-13-16)15-25(20)18-5-7-19(8-6-18)30(28,29)24-10-1-2-11-24/h3-9,13,17H,1-2,10-12,14-15H2,(H,23,27). The van der Waals surface area contributed by atoms with Crippen LogP contribution in [0, 0.1) is 5.92 Å². The number of pyridine rings is 1. The normalized spacial score (nSPS) is 19.9. The summed E-state index contributed by atoms with van der Waals surface area (Å²) < 4.78 is 26.8. The summed E-state index contributed by atoms with van der Waals surface area (Å²) in [6.45, 7) is 1.73. The molecule has 2 saturated heterocycles. The first-order chi connectivity index (χ1) is 14.4. The third-order valence-corrected chi connectivity index (χ3v) is 7.45. The summed E-state index contributed by atoms with van der Waals surface area (Å²) in [5, 5.41) is 2.85. The Morgan fingerprint density at radius 1 is 1.13 bits per heavy atom. The lowest BCUT2D eigenvalue weighted by Crippen LogP contribution is -2.32. The first-order valence-electron chi connectivity index (χ1n) is 10.0. The second kappa shape index (κ2) is 8.53. The van der Waals surface area contributed by atoms with Crippen LogP contribution in [0.5, 0.6) is 0 Å². The van der Waals surface area contributed by atoms with E-state index < -0.39 is 15.9 Å². The van der Waals surface area contributed by atoms with Crippen LogP contribution in [0.2, 0.25) is 0 Å². The number of nitrogens with zero attached hydrogens (tertiary/aromatic N) is 3. The second-order valence-electron chi connectivity index (χ2n) is 7.59. The number of carbonyl (C=O) groups excluding carboxylic acids is 2. The summed E-state index contributed by atoms with van der Waals surface area (Å²) in [7, 11) is -3.49. The lowest BCUT2D eigenvalue weighted by atomic mass is 10.1. The highest BCUT2D eigenvalue weighted by molar-refractivity contribution is 7.89. The fourth-order valence-corrected chi connectivity index (χ4v) is 5.36. The Kier molecular flexibility index (Phi) is 5.83. The van der Waals surface area contributed by atoms with Crippen molar-refractivity contribution in [3.63, 3.8) is 0 Å². The van der Waals surface area contributed by atoms with E-state index in [9.17, 15) is 18.0 Å². The molecule has 2 aromatic rings. The van der Waals surface area contributed by atoms with Gasteiger partial charge in [0, 0.05) is 50.7 Å². The molecule has 4 rings (SSSR count). The summed E-state index contributed by atoms with van der Waals surface area (Å²) in [4.78, 5) is 30.7. The van der Waals surface area contributed by atoms with Gasteiger partial charge in [-0.3, -0.25) is 14.6 Å². The largest absolute Gasteiger partial charge is 0.352 e. The predicted molar refractivity (Wildman–Crippen MR) is 111 cm³/mol. The van der Waals surface area contributed by atoms with Crippen LogP contribution in [0.25, 0.3) is 0 Å². The summed E-state index contributed by atoms with van der Waals surface area (Å²) in [6.07, 6.45) is 5.24. The smallest absolute Gasteiger partial charge is 0.243 e. The molecule has 1 unspecified atom stereocenters. The van der Waals surface area contributed by atoms with Crippen LogP contribution in [0.3, 0.4) is 0 Å². The maximum atomic E-state index is 12.6. The van der Waals surface area contributed by atoms with Crippen molar-refractivity contribution < 1.29 is 18.0 Å². The molecule has 0 aliphatic carbocycles.